The second-order valence-electron chi connectivity index (χ2n) is 5.20. The summed E-state index contributed by atoms with van der Waals surface area (Å²) in [5.74, 6) is 0.814. The first-order valence-electron chi connectivity index (χ1n) is 7.42. The number of hydrogen-bond acceptors (Lipinski definition) is 5. The average molecular weight is 392 g/mol. The van der Waals surface area contributed by atoms with Crippen molar-refractivity contribution in [3.63, 3.8) is 0 Å². The first-order chi connectivity index (χ1) is 12.1. The summed E-state index contributed by atoms with van der Waals surface area (Å²) < 4.78 is 5.16. The zero-order valence-corrected chi connectivity index (χ0v) is 15.9. The largest absolute Gasteiger partial charge is 0.497 e. The molecule has 0 saturated carbocycles. The van der Waals surface area contributed by atoms with Crippen LogP contribution in [0.5, 0.6) is 5.75 Å². The molecular weight excluding hydrogens is 377 g/mol. The molecule has 0 aliphatic rings. The Hall–Kier alpha value is -2.08. The zero-order chi connectivity index (χ0) is 17.8. The average Bonchev–Trinajstić information content (AvgIpc) is 3.08. The summed E-state index contributed by atoms with van der Waals surface area (Å²) in [6.45, 7) is 1.93. The van der Waals surface area contributed by atoms with Crippen LogP contribution in [0, 0.1) is 0 Å². The van der Waals surface area contributed by atoms with E-state index in [1.807, 2.05) is 42.6 Å². The maximum absolute atomic E-state index is 6.23. The van der Waals surface area contributed by atoms with Gasteiger partial charge in [-0.05, 0) is 55.0 Å². The van der Waals surface area contributed by atoms with Gasteiger partial charge in [-0.3, -0.25) is 5.43 Å². The second-order valence-corrected chi connectivity index (χ2v) is 6.90. The quantitative estimate of drug-likeness (QED) is 0.430. The van der Waals surface area contributed by atoms with Crippen LogP contribution in [0.4, 0.5) is 5.13 Å². The van der Waals surface area contributed by atoms with Gasteiger partial charge in [-0.25, -0.2) is 4.98 Å². The van der Waals surface area contributed by atoms with Crippen molar-refractivity contribution in [1.29, 1.82) is 0 Å². The minimum Gasteiger partial charge on any atom is -0.497 e. The lowest BCUT2D eigenvalue weighted by atomic mass is 10.1. The minimum absolute atomic E-state index is 0.572. The molecule has 128 valence electrons. The molecule has 1 heterocycles. The number of anilines is 1. The van der Waals surface area contributed by atoms with Crippen LogP contribution < -0.4 is 10.2 Å². The zero-order valence-electron chi connectivity index (χ0n) is 13.6. The SMILES string of the molecule is COc1ccc(C(C)=NNc2nc(-c3ccc(Cl)cc3Cl)cs2)cc1. The van der Waals surface area contributed by atoms with Crippen molar-refractivity contribution in [1.82, 2.24) is 4.98 Å². The third-order valence-electron chi connectivity index (χ3n) is 3.54. The predicted octanol–water partition coefficient (Wildman–Crippen LogP) is 5.96. The normalized spacial score (nSPS) is 11.4. The van der Waals surface area contributed by atoms with Crippen molar-refractivity contribution < 1.29 is 4.74 Å². The molecule has 0 bridgehead atoms. The molecule has 0 spiro atoms. The van der Waals surface area contributed by atoms with Gasteiger partial charge < -0.3 is 4.74 Å². The molecule has 2 aromatic carbocycles. The standard InChI is InChI=1S/C18H15Cl2N3OS/c1-11(12-3-6-14(24-2)7-4-12)22-23-18-21-17(10-25-18)15-8-5-13(19)9-16(15)20/h3-10H,1-2H3,(H,21,23). The Bertz CT molecular complexity index is 907. The molecule has 0 aliphatic carbocycles. The number of nitrogens with one attached hydrogen (secondary N) is 1. The number of methoxy groups -OCH3 is 1. The molecule has 25 heavy (non-hydrogen) atoms. The Balaban J connectivity index is 1.74. The second kappa shape index (κ2) is 7.87. The number of nitrogens with zero attached hydrogens (tertiary/aromatic N) is 2. The van der Waals surface area contributed by atoms with Crippen LogP contribution in [0.25, 0.3) is 11.3 Å². The van der Waals surface area contributed by atoms with Gasteiger partial charge >= 0.3 is 0 Å². The number of ether oxygens (including phenoxy) is 1. The van der Waals surface area contributed by atoms with Gasteiger partial charge in [-0.1, -0.05) is 23.2 Å². The molecular formula is C18H15Cl2N3OS. The Labute approximate surface area is 160 Å². The highest BCUT2D eigenvalue weighted by molar-refractivity contribution is 7.14. The third-order valence-corrected chi connectivity index (χ3v) is 4.83. The summed E-state index contributed by atoms with van der Waals surface area (Å²) in [5.41, 5.74) is 6.47. The number of hydrazone groups is 1. The molecule has 0 fully saturated rings. The fourth-order valence-corrected chi connectivity index (χ4v) is 3.33. The Morgan fingerprint density at radius 3 is 2.60 bits per heavy atom. The van der Waals surface area contributed by atoms with Gasteiger partial charge in [0.15, 0.2) is 0 Å². The Kier molecular flexibility index (Phi) is 5.58. The van der Waals surface area contributed by atoms with Crippen molar-refractivity contribution in [2.75, 3.05) is 12.5 Å². The van der Waals surface area contributed by atoms with Gasteiger partial charge in [0.05, 0.1) is 23.5 Å². The number of benzene rings is 2. The molecule has 7 heteroatoms. The van der Waals surface area contributed by atoms with E-state index in [2.05, 4.69) is 15.5 Å². The summed E-state index contributed by atoms with van der Waals surface area (Å²) in [6.07, 6.45) is 0. The van der Waals surface area contributed by atoms with E-state index < -0.39 is 0 Å². The van der Waals surface area contributed by atoms with E-state index in [9.17, 15) is 0 Å². The van der Waals surface area contributed by atoms with Crippen molar-refractivity contribution in [2.24, 2.45) is 5.10 Å². The van der Waals surface area contributed by atoms with Gasteiger partial charge in [0.25, 0.3) is 0 Å². The summed E-state index contributed by atoms with van der Waals surface area (Å²) in [5, 5.41) is 8.17. The lowest BCUT2D eigenvalue weighted by Crippen LogP contribution is -1.99. The van der Waals surface area contributed by atoms with E-state index in [1.165, 1.54) is 11.3 Å². The topological polar surface area (TPSA) is 46.5 Å². The fourth-order valence-electron chi connectivity index (χ4n) is 2.17. The van der Waals surface area contributed by atoms with Crippen LogP contribution in [0.1, 0.15) is 12.5 Å². The molecule has 0 radical (unpaired) electrons. The first kappa shape index (κ1) is 17.7. The van der Waals surface area contributed by atoms with E-state index in [1.54, 1.807) is 19.2 Å². The van der Waals surface area contributed by atoms with Crippen LogP contribution in [0.3, 0.4) is 0 Å². The highest BCUT2D eigenvalue weighted by Gasteiger charge is 2.09. The molecule has 0 unspecified atom stereocenters. The minimum atomic E-state index is 0.572. The predicted molar refractivity (Wildman–Crippen MR) is 106 cm³/mol. The molecule has 0 aliphatic heterocycles. The van der Waals surface area contributed by atoms with E-state index in [-0.39, 0.29) is 0 Å². The number of halogens is 2. The molecule has 0 amide bonds. The molecule has 0 saturated heterocycles. The monoisotopic (exact) mass is 391 g/mol. The summed E-state index contributed by atoms with van der Waals surface area (Å²) in [7, 11) is 1.64. The van der Waals surface area contributed by atoms with Crippen LogP contribution in [0.2, 0.25) is 10.0 Å². The van der Waals surface area contributed by atoms with Crippen LogP contribution in [-0.4, -0.2) is 17.8 Å². The van der Waals surface area contributed by atoms with Crippen molar-refractivity contribution in [3.8, 4) is 17.0 Å². The summed E-state index contributed by atoms with van der Waals surface area (Å²) in [6, 6.07) is 13.1. The number of rotatable bonds is 5. The van der Waals surface area contributed by atoms with Gasteiger partial charge in [0.1, 0.15) is 5.75 Å². The molecule has 0 atom stereocenters. The Morgan fingerprint density at radius 2 is 1.92 bits per heavy atom. The molecule has 1 aromatic heterocycles. The van der Waals surface area contributed by atoms with E-state index in [4.69, 9.17) is 27.9 Å². The maximum atomic E-state index is 6.23. The Morgan fingerprint density at radius 1 is 1.16 bits per heavy atom. The molecule has 3 rings (SSSR count). The van der Waals surface area contributed by atoms with E-state index in [0.717, 1.165) is 28.3 Å². The van der Waals surface area contributed by atoms with Gasteiger partial charge in [-0.2, -0.15) is 5.10 Å². The fraction of sp³-hybridized carbons (Fsp3) is 0.111. The highest BCUT2D eigenvalue weighted by Crippen LogP contribution is 2.32. The third kappa shape index (κ3) is 4.31. The molecule has 1 N–H and O–H groups in total. The number of thiazole rings is 1. The van der Waals surface area contributed by atoms with Crippen molar-refractivity contribution in [2.45, 2.75) is 6.92 Å². The smallest absolute Gasteiger partial charge is 0.203 e. The van der Waals surface area contributed by atoms with Crippen LogP contribution >= 0.6 is 34.5 Å². The molecule has 3 aromatic rings. The highest BCUT2D eigenvalue weighted by atomic mass is 35.5. The van der Waals surface area contributed by atoms with Gasteiger partial charge in [-0.15, -0.1) is 11.3 Å². The van der Waals surface area contributed by atoms with Gasteiger partial charge in [0.2, 0.25) is 5.13 Å². The van der Waals surface area contributed by atoms with Gasteiger partial charge in [0, 0.05) is 16.0 Å². The van der Waals surface area contributed by atoms with Crippen LogP contribution in [-0.2, 0) is 0 Å². The van der Waals surface area contributed by atoms with Crippen molar-refractivity contribution in [3.05, 3.63) is 63.5 Å². The lowest BCUT2D eigenvalue weighted by molar-refractivity contribution is 0.415. The molecule has 4 nitrogen and oxygen atoms in total. The summed E-state index contributed by atoms with van der Waals surface area (Å²) in [4.78, 5) is 4.52. The first-order valence-corrected chi connectivity index (χ1v) is 9.06. The van der Waals surface area contributed by atoms with E-state index >= 15 is 0 Å². The number of aromatic nitrogens is 1. The lowest BCUT2D eigenvalue weighted by Gasteiger charge is -2.03. The number of hydrogen-bond donors (Lipinski definition) is 1. The summed E-state index contributed by atoms with van der Waals surface area (Å²) >= 11 is 13.6. The van der Waals surface area contributed by atoms with E-state index in [0.29, 0.717) is 15.2 Å². The maximum Gasteiger partial charge on any atom is 0.203 e. The van der Waals surface area contributed by atoms with Crippen LogP contribution in [0.15, 0.2) is 52.9 Å². The van der Waals surface area contributed by atoms with Crippen molar-refractivity contribution >= 4 is 45.4 Å².